The number of pyridine rings is 1. The second-order valence-corrected chi connectivity index (χ2v) is 9.39. The van der Waals surface area contributed by atoms with Gasteiger partial charge in [0, 0.05) is 72.7 Å². The molecule has 1 amide bonds. The molecule has 0 spiro atoms. The van der Waals surface area contributed by atoms with Crippen LogP contribution in [0.15, 0.2) is 85.2 Å². The molecule has 1 aliphatic rings. The summed E-state index contributed by atoms with van der Waals surface area (Å²) < 4.78 is 13.3. The maximum atomic E-state index is 13.3. The number of carbonyl (C=O) groups is 1. The molecule has 6 rings (SSSR count). The van der Waals surface area contributed by atoms with Crippen molar-refractivity contribution in [2.24, 2.45) is 0 Å². The summed E-state index contributed by atoms with van der Waals surface area (Å²) in [5.74, 6) is 0.586. The van der Waals surface area contributed by atoms with Crippen LogP contribution < -0.4 is 15.1 Å². The minimum absolute atomic E-state index is 0.0855. The third kappa shape index (κ3) is 4.72. The van der Waals surface area contributed by atoms with E-state index in [0.29, 0.717) is 12.1 Å². The van der Waals surface area contributed by atoms with E-state index in [-0.39, 0.29) is 11.7 Å². The van der Waals surface area contributed by atoms with Gasteiger partial charge in [-0.1, -0.05) is 24.3 Å². The Bertz CT molecular complexity index is 1550. The second kappa shape index (κ2) is 9.93. The Morgan fingerprint density at radius 3 is 2.54 bits per heavy atom. The number of H-pyrrole nitrogens is 1. The number of carbonyl (C=O) groups excluding carboxylic acids is 1. The van der Waals surface area contributed by atoms with Gasteiger partial charge in [-0.2, -0.15) is 0 Å². The van der Waals surface area contributed by atoms with Crippen LogP contribution in [0.4, 0.5) is 15.9 Å². The summed E-state index contributed by atoms with van der Waals surface area (Å²) in [5.41, 5.74) is 3.96. The predicted molar refractivity (Wildman–Crippen MR) is 147 cm³/mol. The second-order valence-electron chi connectivity index (χ2n) is 9.39. The first-order valence-electron chi connectivity index (χ1n) is 12.6. The minimum Gasteiger partial charge on any atom is -0.368 e. The number of nitrogens with zero attached hydrogens (tertiary/aromatic N) is 3. The highest BCUT2D eigenvalue weighted by Gasteiger charge is 2.20. The number of hydrogen-bond donors (Lipinski definition) is 2. The predicted octanol–water partition coefficient (Wildman–Crippen LogP) is 5.15. The van der Waals surface area contributed by atoms with Gasteiger partial charge in [-0.3, -0.25) is 4.79 Å². The van der Waals surface area contributed by atoms with Crippen LogP contribution in [0, 0.1) is 5.82 Å². The van der Waals surface area contributed by atoms with E-state index in [0.717, 1.165) is 60.4 Å². The Kier molecular flexibility index (Phi) is 6.18. The summed E-state index contributed by atoms with van der Waals surface area (Å²) in [6.45, 7) is 3.79. The number of piperazine rings is 1. The molecule has 0 bridgehead atoms. The number of anilines is 2. The highest BCUT2D eigenvalue weighted by molar-refractivity contribution is 6.01. The number of para-hydroxylation sites is 1. The molecule has 0 unspecified atom stereocenters. The van der Waals surface area contributed by atoms with E-state index >= 15 is 0 Å². The molecule has 1 saturated heterocycles. The van der Waals surface area contributed by atoms with E-state index in [1.54, 1.807) is 0 Å². The smallest absolute Gasteiger partial charge is 0.251 e. The zero-order valence-corrected chi connectivity index (χ0v) is 20.5. The van der Waals surface area contributed by atoms with E-state index in [9.17, 15) is 9.18 Å². The molecule has 1 fully saturated rings. The molecule has 0 atom stereocenters. The average Bonchev–Trinajstić information content (AvgIpc) is 3.36. The molecule has 2 N–H and O–H groups in total. The Labute approximate surface area is 214 Å². The van der Waals surface area contributed by atoms with Gasteiger partial charge < -0.3 is 20.1 Å². The van der Waals surface area contributed by atoms with Crippen molar-refractivity contribution in [3.8, 4) is 0 Å². The summed E-state index contributed by atoms with van der Waals surface area (Å²) in [6.07, 6.45) is 4.60. The van der Waals surface area contributed by atoms with Crippen molar-refractivity contribution in [2.75, 3.05) is 42.5 Å². The molecule has 3 heterocycles. The van der Waals surface area contributed by atoms with Crippen molar-refractivity contribution >= 4 is 39.1 Å². The highest BCUT2D eigenvalue weighted by atomic mass is 19.1. The standard InChI is InChI=1S/C30H28FN5O/c31-24-7-9-25(10-8-24)35-15-17-36(18-16-35)29-27-19-22(6-5-21(27)11-13-32-29)30(37)33-14-12-23-20-34-28-4-2-1-3-26(23)28/h1-11,13,19-20,34H,12,14-18H2,(H,33,37). The maximum Gasteiger partial charge on any atom is 0.251 e. The van der Waals surface area contributed by atoms with E-state index in [2.05, 4.69) is 37.2 Å². The van der Waals surface area contributed by atoms with E-state index in [4.69, 9.17) is 0 Å². The van der Waals surface area contributed by atoms with Gasteiger partial charge in [0.25, 0.3) is 5.91 Å². The number of hydrogen-bond acceptors (Lipinski definition) is 4. The first kappa shape index (κ1) is 23.0. The lowest BCUT2D eigenvalue weighted by Crippen LogP contribution is -2.46. The maximum absolute atomic E-state index is 13.3. The third-order valence-corrected chi connectivity index (χ3v) is 7.13. The van der Waals surface area contributed by atoms with Crippen LogP contribution in [0.2, 0.25) is 0 Å². The van der Waals surface area contributed by atoms with Crippen molar-refractivity contribution in [1.29, 1.82) is 0 Å². The van der Waals surface area contributed by atoms with Gasteiger partial charge in [0.15, 0.2) is 0 Å². The Morgan fingerprint density at radius 1 is 0.919 bits per heavy atom. The summed E-state index contributed by atoms with van der Waals surface area (Å²) in [5, 5.41) is 6.30. The fourth-order valence-electron chi connectivity index (χ4n) is 5.13. The van der Waals surface area contributed by atoms with Crippen molar-refractivity contribution in [3.05, 3.63) is 102 Å². The van der Waals surface area contributed by atoms with Crippen molar-refractivity contribution in [1.82, 2.24) is 15.3 Å². The number of amides is 1. The molecular weight excluding hydrogens is 465 g/mol. The van der Waals surface area contributed by atoms with Gasteiger partial charge in [0.2, 0.25) is 0 Å². The van der Waals surface area contributed by atoms with Crippen molar-refractivity contribution in [2.45, 2.75) is 6.42 Å². The number of aromatic amines is 1. The molecule has 0 radical (unpaired) electrons. The van der Waals surface area contributed by atoms with E-state index < -0.39 is 0 Å². The molecule has 6 nitrogen and oxygen atoms in total. The SMILES string of the molecule is O=C(NCCc1c[nH]c2ccccc12)c1ccc2ccnc(N3CCN(c4ccc(F)cc4)CC3)c2c1. The monoisotopic (exact) mass is 493 g/mol. The summed E-state index contributed by atoms with van der Waals surface area (Å²) in [4.78, 5) is 25.5. The van der Waals surface area contributed by atoms with Crippen LogP contribution in [0.3, 0.4) is 0 Å². The zero-order valence-electron chi connectivity index (χ0n) is 20.5. The Hall–Kier alpha value is -4.39. The summed E-state index contributed by atoms with van der Waals surface area (Å²) in [6, 6.07) is 22.6. The largest absolute Gasteiger partial charge is 0.368 e. The highest BCUT2D eigenvalue weighted by Crippen LogP contribution is 2.27. The van der Waals surface area contributed by atoms with Gasteiger partial charge in [0.05, 0.1) is 0 Å². The lowest BCUT2D eigenvalue weighted by molar-refractivity contribution is 0.0954. The van der Waals surface area contributed by atoms with Crippen LogP contribution in [0.25, 0.3) is 21.7 Å². The van der Waals surface area contributed by atoms with Crippen molar-refractivity contribution in [3.63, 3.8) is 0 Å². The molecule has 5 aromatic rings. The number of fused-ring (bicyclic) bond motifs is 2. The Morgan fingerprint density at radius 2 is 1.70 bits per heavy atom. The zero-order chi connectivity index (χ0) is 25.2. The first-order chi connectivity index (χ1) is 18.2. The van der Waals surface area contributed by atoms with Crippen LogP contribution in [0.5, 0.6) is 0 Å². The lowest BCUT2D eigenvalue weighted by atomic mass is 10.1. The van der Waals surface area contributed by atoms with Crippen LogP contribution in [0.1, 0.15) is 15.9 Å². The minimum atomic E-state index is -0.222. The molecule has 0 saturated carbocycles. The third-order valence-electron chi connectivity index (χ3n) is 7.13. The van der Waals surface area contributed by atoms with Crippen LogP contribution in [-0.4, -0.2) is 48.6 Å². The van der Waals surface area contributed by atoms with Crippen LogP contribution in [-0.2, 0) is 6.42 Å². The fourth-order valence-corrected chi connectivity index (χ4v) is 5.13. The van der Waals surface area contributed by atoms with E-state index in [1.807, 2.05) is 60.9 Å². The Balaban J connectivity index is 1.14. The van der Waals surface area contributed by atoms with Gasteiger partial charge in [0.1, 0.15) is 11.6 Å². The van der Waals surface area contributed by atoms with Gasteiger partial charge >= 0.3 is 0 Å². The van der Waals surface area contributed by atoms with Gasteiger partial charge in [-0.05, 0) is 65.9 Å². The molecule has 7 heteroatoms. The topological polar surface area (TPSA) is 64.3 Å². The van der Waals surface area contributed by atoms with Gasteiger partial charge in [-0.25, -0.2) is 9.37 Å². The molecule has 2 aromatic heterocycles. The fraction of sp³-hybridized carbons (Fsp3) is 0.200. The van der Waals surface area contributed by atoms with Gasteiger partial charge in [-0.15, -0.1) is 0 Å². The number of halogens is 1. The number of benzene rings is 3. The van der Waals surface area contributed by atoms with Crippen molar-refractivity contribution < 1.29 is 9.18 Å². The van der Waals surface area contributed by atoms with Crippen LogP contribution >= 0.6 is 0 Å². The summed E-state index contributed by atoms with van der Waals surface area (Å²) >= 11 is 0. The molecule has 3 aromatic carbocycles. The molecule has 186 valence electrons. The normalized spacial score (nSPS) is 13.9. The molecular formula is C30H28FN5O. The molecule has 1 aliphatic heterocycles. The number of aromatic nitrogens is 2. The number of nitrogens with one attached hydrogen (secondary N) is 2. The van der Waals surface area contributed by atoms with E-state index in [1.165, 1.54) is 23.1 Å². The first-order valence-corrected chi connectivity index (χ1v) is 12.6. The average molecular weight is 494 g/mol. The molecule has 37 heavy (non-hydrogen) atoms. The molecule has 0 aliphatic carbocycles. The number of rotatable bonds is 6. The quantitative estimate of drug-likeness (QED) is 0.343. The summed E-state index contributed by atoms with van der Waals surface area (Å²) in [7, 11) is 0. The lowest BCUT2D eigenvalue weighted by Gasteiger charge is -2.37.